The van der Waals surface area contributed by atoms with Gasteiger partial charge in [0.2, 0.25) is 5.91 Å². The standard InChI is InChI=1S/C29H40N6O3/c1-31(2)28(37)23-10-13-33(14-11-23)26-8-7-25(30-17-26)19-34-15-16-35(29(34)38)21-27(36)20-32-12-9-22-5-3-4-6-24(22)18-32/h3-8,17,23,27,36H,9-16,18-21H2,1-2H3. The van der Waals surface area contributed by atoms with Crippen LogP contribution in [0.25, 0.3) is 0 Å². The molecule has 2 saturated heterocycles. The Labute approximate surface area is 225 Å². The van der Waals surface area contributed by atoms with Gasteiger partial charge >= 0.3 is 6.03 Å². The quantitative estimate of drug-likeness (QED) is 0.574. The maximum Gasteiger partial charge on any atom is 0.320 e. The zero-order valence-corrected chi connectivity index (χ0v) is 22.6. The van der Waals surface area contributed by atoms with E-state index in [4.69, 9.17) is 0 Å². The number of pyridine rings is 1. The van der Waals surface area contributed by atoms with Crippen molar-refractivity contribution in [3.05, 3.63) is 59.4 Å². The van der Waals surface area contributed by atoms with E-state index in [-0.39, 0.29) is 17.9 Å². The molecule has 3 aliphatic rings. The van der Waals surface area contributed by atoms with Crippen LogP contribution in [-0.4, -0.2) is 108 Å². The van der Waals surface area contributed by atoms with Crippen LogP contribution in [0, 0.1) is 5.92 Å². The van der Waals surface area contributed by atoms with E-state index in [1.54, 1.807) is 9.80 Å². The number of piperidine rings is 1. The molecule has 9 heteroatoms. The molecule has 1 aromatic carbocycles. The number of anilines is 1. The van der Waals surface area contributed by atoms with Crippen LogP contribution >= 0.6 is 0 Å². The molecule has 1 N–H and O–H groups in total. The third-order valence-corrected chi connectivity index (χ3v) is 8.10. The number of hydrogen-bond donors (Lipinski definition) is 1. The van der Waals surface area contributed by atoms with Crippen molar-refractivity contribution in [3.63, 3.8) is 0 Å². The van der Waals surface area contributed by atoms with Crippen molar-refractivity contribution in [1.82, 2.24) is 24.6 Å². The van der Waals surface area contributed by atoms with Crippen molar-refractivity contribution in [2.24, 2.45) is 5.92 Å². The van der Waals surface area contributed by atoms with E-state index in [0.717, 1.165) is 56.8 Å². The van der Waals surface area contributed by atoms with Crippen LogP contribution < -0.4 is 4.90 Å². The van der Waals surface area contributed by atoms with Crippen molar-refractivity contribution in [2.45, 2.75) is 38.5 Å². The summed E-state index contributed by atoms with van der Waals surface area (Å²) in [4.78, 5) is 39.7. The van der Waals surface area contributed by atoms with E-state index in [1.807, 2.05) is 31.3 Å². The average Bonchev–Trinajstić information content (AvgIpc) is 3.26. The number of carbonyl (C=O) groups excluding carboxylic acids is 2. The minimum absolute atomic E-state index is 0.0356. The predicted octanol–water partition coefficient (Wildman–Crippen LogP) is 2.04. The van der Waals surface area contributed by atoms with Crippen LogP contribution in [-0.2, 0) is 24.3 Å². The second-order valence-electron chi connectivity index (χ2n) is 11.1. The number of benzene rings is 1. The smallest absolute Gasteiger partial charge is 0.320 e. The Balaban J connectivity index is 1.07. The lowest BCUT2D eigenvalue weighted by atomic mass is 9.95. The first-order chi connectivity index (χ1) is 18.4. The van der Waals surface area contributed by atoms with Crippen molar-refractivity contribution in [2.75, 3.05) is 64.8 Å². The van der Waals surface area contributed by atoms with Crippen LogP contribution in [0.15, 0.2) is 42.6 Å². The van der Waals surface area contributed by atoms with E-state index >= 15 is 0 Å². The maximum absolute atomic E-state index is 13.0. The predicted molar refractivity (Wildman–Crippen MR) is 147 cm³/mol. The van der Waals surface area contributed by atoms with Gasteiger partial charge < -0.3 is 24.7 Å². The zero-order chi connectivity index (χ0) is 26.6. The number of aliphatic hydroxyl groups excluding tert-OH is 1. The molecule has 3 amide bonds. The highest BCUT2D eigenvalue weighted by molar-refractivity contribution is 5.78. The third-order valence-electron chi connectivity index (χ3n) is 8.10. The molecule has 1 aromatic heterocycles. The molecular weight excluding hydrogens is 480 g/mol. The molecular formula is C29H40N6O3. The van der Waals surface area contributed by atoms with Gasteiger partial charge in [-0.1, -0.05) is 24.3 Å². The molecule has 1 unspecified atom stereocenters. The summed E-state index contributed by atoms with van der Waals surface area (Å²) in [6.07, 6.45) is 4.02. The summed E-state index contributed by atoms with van der Waals surface area (Å²) in [5.41, 5.74) is 4.64. The molecule has 3 aliphatic heterocycles. The fourth-order valence-corrected chi connectivity index (χ4v) is 5.91. The molecule has 0 bridgehead atoms. The Bertz CT molecular complexity index is 1120. The number of β-amino-alcohol motifs (C(OH)–C–C–N with tert-alkyl or cyclic N) is 1. The number of carbonyl (C=O) groups is 2. The van der Waals surface area contributed by atoms with Crippen LogP contribution in [0.1, 0.15) is 29.7 Å². The van der Waals surface area contributed by atoms with Crippen molar-refractivity contribution < 1.29 is 14.7 Å². The minimum Gasteiger partial charge on any atom is -0.390 e. The molecule has 0 aliphatic carbocycles. The van der Waals surface area contributed by atoms with Crippen LogP contribution in [0.5, 0.6) is 0 Å². The van der Waals surface area contributed by atoms with Gasteiger partial charge in [-0.05, 0) is 42.5 Å². The molecule has 0 saturated carbocycles. The lowest BCUT2D eigenvalue weighted by molar-refractivity contribution is -0.133. The summed E-state index contributed by atoms with van der Waals surface area (Å²) in [6.45, 7) is 6.12. The van der Waals surface area contributed by atoms with E-state index in [0.29, 0.717) is 32.7 Å². The number of amides is 3. The number of aliphatic hydroxyl groups is 1. The Hall–Kier alpha value is -3.17. The van der Waals surface area contributed by atoms with Gasteiger partial charge in [0.1, 0.15) is 0 Å². The number of hydrogen-bond acceptors (Lipinski definition) is 6. The first-order valence-electron chi connectivity index (χ1n) is 13.8. The monoisotopic (exact) mass is 520 g/mol. The van der Waals surface area contributed by atoms with Crippen LogP contribution in [0.3, 0.4) is 0 Å². The number of nitrogens with zero attached hydrogens (tertiary/aromatic N) is 6. The number of rotatable bonds is 8. The summed E-state index contributed by atoms with van der Waals surface area (Å²) in [5.74, 6) is 0.319. The summed E-state index contributed by atoms with van der Waals surface area (Å²) in [6, 6.07) is 12.5. The molecule has 0 radical (unpaired) electrons. The molecule has 9 nitrogen and oxygen atoms in total. The number of aromatic nitrogens is 1. The van der Waals surface area contributed by atoms with Crippen LogP contribution in [0.2, 0.25) is 0 Å². The first kappa shape index (κ1) is 26.4. The molecule has 38 heavy (non-hydrogen) atoms. The third kappa shape index (κ3) is 6.10. The fraction of sp³-hybridized carbons (Fsp3) is 0.552. The minimum atomic E-state index is -0.571. The van der Waals surface area contributed by atoms with E-state index in [1.165, 1.54) is 11.1 Å². The van der Waals surface area contributed by atoms with Gasteiger partial charge in [0.15, 0.2) is 0 Å². The van der Waals surface area contributed by atoms with Crippen molar-refractivity contribution in [1.29, 1.82) is 0 Å². The normalized spacial score (nSPS) is 19.6. The maximum atomic E-state index is 13.0. The molecule has 1 atom stereocenters. The summed E-state index contributed by atoms with van der Waals surface area (Å²) in [5, 5.41) is 10.7. The number of fused-ring (bicyclic) bond motifs is 1. The lowest BCUT2D eigenvalue weighted by Crippen LogP contribution is -2.43. The lowest BCUT2D eigenvalue weighted by Gasteiger charge is -2.33. The Morgan fingerprint density at radius 2 is 1.74 bits per heavy atom. The second-order valence-corrected chi connectivity index (χ2v) is 11.1. The van der Waals surface area contributed by atoms with Gasteiger partial charge in [-0.25, -0.2) is 4.79 Å². The van der Waals surface area contributed by atoms with Gasteiger partial charge in [-0.2, -0.15) is 0 Å². The molecule has 5 rings (SSSR count). The second kappa shape index (κ2) is 11.7. The number of urea groups is 1. The van der Waals surface area contributed by atoms with Gasteiger partial charge in [0.25, 0.3) is 0 Å². The summed E-state index contributed by atoms with van der Waals surface area (Å²) < 4.78 is 0. The van der Waals surface area contributed by atoms with Gasteiger partial charge in [0, 0.05) is 72.4 Å². The molecule has 4 heterocycles. The summed E-state index contributed by atoms with van der Waals surface area (Å²) >= 11 is 0. The zero-order valence-electron chi connectivity index (χ0n) is 22.6. The Morgan fingerprint density at radius 3 is 2.45 bits per heavy atom. The van der Waals surface area contributed by atoms with E-state index < -0.39 is 6.10 Å². The largest absolute Gasteiger partial charge is 0.390 e. The SMILES string of the molecule is CN(C)C(=O)C1CCN(c2ccc(CN3CCN(CC(O)CN4CCc5ccccc5C4)C3=O)nc2)CC1. The van der Waals surface area contributed by atoms with E-state index in [2.05, 4.69) is 45.1 Å². The summed E-state index contributed by atoms with van der Waals surface area (Å²) in [7, 11) is 3.64. The van der Waals surface area contributed by atoms with E-state index in [9.17, 15) is 14.7 Å². The Morgan fingerprint density at radius 1 is 1.00 bits per heavy atom. The highest BCUT2D eigenvalue weighted by Crippen LogP contribution is 2.24. The van der Waals surface area contributed by atoms with Crippen molar-refractivity contribution in [3.8, 4) is 0 Å². The van der Waals surface area contributed by atoms with Crippen molar-refractivity contribution >= 4 is 17.6 Å². The highest BCUT2D eigenvalue weighted by atomic mass is 16.3. The topological polar surface area (TPSA) is 83.5 Å². The Kier molecular flexibility index (Phi) is 8.14. The molecule has 2 fully saturated rings. The van der Waals surface area contributed by atoms with Crippen LogP contribution in [0.4, 0.5) is 10.5 Å². The molecule has 204 valence electrons. The van der Waals surface area contributed by atoms with Gasteiger partial charge in [0.05, 0.1) is 30.2 Å². The van der Waals surface area contributed by atoms with Gasteiger partial charge in [-0.15, -0.1) is 0 Å². The fourth-order valence-electron chi connectivity index (χ4n) is 5.91. The molecule has 2 aromatic rings. The van der Waals surface area contributed by atoms with Gasteiger partial charge in [-0.3, -0.25) is 14.7 Å². The highest BCUT2D eigenvalue weighted by Gasteiger charge is 2.31. The average molecular weight is 521 g/mol. The molecule has 0 spiro atoms. The first-order valence-corrected chi connectivity index (χ1v) is 13.8.